The van der Waals surface area contributed by atoms with Crippen LogP contribution in [0.2, 0.25) is 0 Å². The van der Waals surface area contributed by atoms with E-state index in [4.69, 9.17) is 4.74 Å². The summed E-state index contributed by atoms with van der Waals surface area (Å²) in [7, 11) is 1.26. The third kappa shape index (κ3) is 5.98. The number of halogens is 2. The molecule has 1 aromatic carbocycles. The van der Waals surface area contributed by atoms with E-state index in [2.05, 4.69) is 15.0 Å². The average molecular weight is 502 g/mol. The molecular formula is C26H29F2N3O5. The standard InChI is InChI=1S/C26H29F2N3O5/c1-35-26(34)17-10-11-22(29-14-17)30-25(33)21(12-16-6-3-2-4-7-16)31-15-18(13-23(31)32)36-24-19(27)8-5-9-20(24)28/h5,8-11,14,16,18,21H,2-4,6-7,12-13,15H2,1H3,(H,29,30,33)/t18?,21-/m0/s1. The second-order valence-electron chi connectivity index (χ2n) is 9.21. The second-order valence-corrected chi connectivity index (χ2v) is 9.21. The summed E-state index contributed by atoms with van der Waals surface area (Å²) in [5.41, 5.74) is 0.240. The van der Waals surface area contributed by atoms with Crippen LogP contribution in [0.1, 0.15) is 55.3 Å². The van der Waals surface area contributed by atoms with Crippen LogP contribution in [0.25, 0.3) is 0 Å². The van der Waals surface area contributed by atoms with Gasteiger partial charge >= 0.3 is 5.97 Å². The van der Waals surface area contributed by atoms with Crippen LogP contribution in [0.15, 0.2) is 36.5 Å². The minimum atomic E-state index is -0.848. The summed E-state index contributed by atoms with van der Waals surface area (Å²) in [6, 6.07) is 5.59. The Bertz CT molecular complexity index is 1090. The molecule has 192 valence electrons. The highest BCUT2D eigenvalue weighted by Crippen LogP contribution is 2.32. The third-order valence-corrected chi connectivity index (χ3v) is 6.72. The number of ether oxygens (including phenoxy) is 2. The molecule has 2 amide bonds. The number of likely N-dealkylation sites (tertiary alicyclic amines) is 1. The highest BCUT2D eigenvalue weighted by molar-refractivity contribution is 5.97. The maximum atomic E-state index is 14.1. The molecule has 1 aromatic heterocycles. The molecule has 8 nitrogen and oxygen atoms in total. The SMILES string of the molecule is COC(=O)c1ccc(NC(=O)[C@H](CC2CCCCC2)N2CC(Oc3c(F)cccc3F)CC2=O)nc1. The van der Waals surface area contributed by atoms with Crippen molar-refractivity contribution in [2.45, 2.75) is 57.1 Å². The van der Waals surface area contributed by atoms with Crippen LogP contribution in [0.3, 0.4) is 0 Å². The number of anilines is 1. The van der Waals surface area contributed by atoms with Crippen LogP contribution in [0.5, 0.6) is 5.75 Å². The number of para-hydroxylation sites is 1. The Labute approximate surface area is 208 Å². The number of carbonyl (C=O) groups is 3. The number of hydrogen-bond donors (Lipinski definition) is 1. The van der Waals surface area contributed by atoms with E-state index >= 15 is 0 Å². The molecule has 2 atom stereocenters. The fourth-order valence-corrected chi connectivity index (χ4v) is 4.87. The summed E-state index contributed by atoms with van der Waals surface area (Å²) in [5, 5.41) is 2.74. The summed E-state index contributed by atoms with van der Waals surface area (Å²) in [6.07, 6.45) is 6.12. The van der Waals surface area contributed by atoms with Gasteiger partial charge in [0, 0.05) is 6.20 Å². The van der Waals surface area contributed by atoms with Gasteiger partial charge in [-0.3, -0.25) is 9.59 Å². The Kier molecular flexibility index (Phi) is 8.12. The zero-order valence-corrected chi connectivity index (χ0v) is 20.0. The number of aromatic nitrogens is 1. The first-order valence-corrected chi connectivity index (χ1v) is 12.1. The minimum absolute atomic E-state index is 0.0339. The number of nitrogens with zero attached hydrogens (tertiary/aromatic N) is 2. The van der Waals surface area contributed by atoms with Gasteiger partial charge in [-0.15, -0.1) is 0 Å². The Morgan fingerprint density at radius 3 is 2.50 bits per heavy atom. The molecule has 1 saturated heterocycles. The Morgan fingerprint density at radius 1 is 1.14 bits per heavy atom. The van der Waals surface area contributed by atoms with Crippen LogP contribution < -0.4 is 10.1 Å². The maximum absolute atomic E-state index is 14.1. The van der Waals surface area contributed by atoms with Crippen molar-refractivity contribution in [1.29, 1.82) is 0 Å². The largest absolute Gasteiger partial charge is 0.482 e. The van der Waals surface area contributed by atoms with Gasteiger partial charge in [0.2, 0.25) is 11.8 Å². The first kappa shape index (κ1) is 25.5. The van der Waals surface area contributed by atoms with Crippen molar-refractivity contribution in [3.05, 3.63) is 53.7 Å². The highest BCUT2D eigenvalue weighted by atomic mass is 19.1. The molecule has 1 saturated carbocycles. The van der Waals surface area contributed by atoms with Gasteiger partial charge in [0.05, 0.1) is 25.6 Å². The molecule has 36 heavy (non-hydrogen) atoms. The van der Waals surface area contributed by atoms with E-state index in [1.165, 1.54) is 36.4 Å². The van der Waals surface area contributed by atoms with Crippen molar-refractivity contribution < 1.29 is 32.6 Å². The molecule has 1 aliphatic heterocycles. The molecule has 4 rings (SSSR count). The maximum Gasteiger partial charge on any atom is 0.339 e. The summed E-state index contributed by atoms with van der Waals surface area (Å²) in [4.78, 5) is 43.5. The predicted molar refractivity (Wildman–Crippen MR) is 126 cm³/mol. The molecule has 2 fully saturated rings. The van der Waals surface area contributed by atoms with E-state index < -0.39 is 41.4 Å². The monoisotopic (exact) mass is 501 g/mol. The number of esters is 1. The zero-order valence-electron chi connectivity index (χ0n) is 20.0. The lowest BCUT2D eigenvalue weighted by Gasteiger charge is -2.31. The van der Waals surface area contributed by atoms with Gasteiger partial charge in [-0.1, -0.05) is 38.2 Å². The Balaban J connectivity index is 1.50. The second kappa shape index (κ2) is 11.5. The molecule has 0 bridgehead atoms. The number of pyridine rings is 1. The van der Waals surface area contributed by atoms with Crippen molar-refractivity contribution in [1.82, 2.24) is 9.88 Å². The number of benzene rings is 1. The van der Waals surface area contributed by atoms with Crippen LogP contribution in [-0.4, -0.2) is 53.5 Å². The molecule has 1 N–H and O–H groups in total. The third-order valence-electron chi connectivity index (χ3n) is 6.72. The zero-order chi connectivity index (χ0) is 25.7. The molecule has 2 aliphatic rings. The topological polar surface area (TPSA) is 97.8 Å². The molecule has 0 radical (unpaired) electrons. The number of methoxy groups -OCH3 is 1. The van der Waals surface area contributed by atoms with Gasteiger partial charge in [-0.05, 0) is 36.6 Å². The van der Waals surface area contributed by atoms with E-state index in [0.29, 0.717) is 6.42 Å². The lowest BCUT2D eigenvalue weighted by molar-refractivity contribution is -0.136. The van der Waals surface area contributed by atoms with Crippen LogP contribution >= 0.6 is 0 Å². The molecule has 10 heteroatoms. The quantitative estimate of drug-likeness (QED) is 0.547. The van der Waals surface area contributed by atoms with Crippen molar-refractivity contribution in [2.24, 2.45) is 5.92 Å². The summed E-state index contributed by atoms with van der Waals surface area (Å²) < 4.78 is 38.3. The number of rotatable bonds is 8. The van der Waals surface area contributed by atoms with Crippen molar-refractivity contribution >= 4 is 23.6 Å². The lowest BCUT2D eigenvalue weighted by Crippen LogP contribution is -2.46. The Morgan fingerprint density at radius 2 is 1.86 bits per heavy atom. The van der Waals surface area contributed by atoms with Gasteiger partial charge < -0.3 is 19.7 Å². The first-order chi connectivity index (χ1) is 17.4. The van der Waals surface area contributed by atoms with Gasteiger partial charge in [0.25, 0.3) is 0 Å². The average Bonchev–Trinajstić information content (AvgIpc) is 3.25. The summed E-state index contributed by atoms with van der Waals surface area (Å²) >= 11 is 0. The lowest BCUT2D eigenvalue weighted by atomic mass is 9.84. The number of hydrogen-bond acceptors (Lipinski definition) is 6. The molecule has 0 spiro atoms. The van der Waals surface area contributed by atoms with Crippen molar-refractivity contribution in [3.8, 4) is 5.75 Å². The van der Waals surface area contributed by atoms with Crippen LogP contribution in [-0.2, 0) is 14.3 Å². The minimum Gasteiger partial charge on any atom is -0.482 e. The van der Waals surface area contributed by atoms with Crippen LogP contribution in [0, 0.1) is 17.6 Å². The number of nitrogens with one attached hydrogen (secondary N) is 1. The van der Waals surface area contributed by atoms with Gasteiger partial charge in [-0.2, -0.15) is 0 Å². The van der Waals surface area contributed by atoms with Crippen molar-refractivity contribution in [3.63, 3.8) is 0 Å². The predicted octanol–water partition coefficient (Wildman–Crippen LogP) is 4.10. The molecule has 2 heterocycles. The Hall–Kier alpha value is -3.56. The van der Waals surface area contributed by atoms with Gasteiger partial charge in [0.1, 0.15) is 18.0 Å². The summed E-state index contributed by atoms with van der Waals surface area (Å²) in [5.74, 6) is -2.99. The van der Waals surface area contributed by atoms with E-state index in [1.807, 2.05) is 0 Å². The van der Waals surface area contributed by atoms with Gasteiger partial charge in [-0.25, -0.2) is 18.6 Å². The van der Waals surface area contributed by atoms with Gasteiger partial charge in [0.15, 0.2) is 17.4 Å². The number of carbonyl (C=O) groups excluding carboxylic acids is 3. The van der Waals surface area contributed by atoms with Crippen LogP contribution in [0.4, 0.5) is 14.6 Å². The first-order valence-electron chi connectivity index (χ1n) is 12.1. The smallest absolute Gasteiger partial charge is 0.339 e. The molecular weight excluding hydrogens is 472 g/mol. The highest BCUT2D eigenvalue weighted by Gasteiger charge is 2.40. The fourth-order valence-electron chi connectivity index (χ4n) is 4.87. The van der Waals surface area contributed by atoms with E-state index in [-0.39, 0.29) is 36.2 Å². The fraction of sp³-hybridized carbons (Fsp3) is 0.462. The van der Waals surface area contributed by atoms with Crippen molar-refractivity contribution in [2.75, 3.05) is 19.0 Å². The van der Waals surface area contributed by atoms with E-state index in [1.54, 1.807) is 0 Å². The molecule has 1 unspecified atom stereocenters. The van der Waals surface area contributed by atoms with E-state index in [0.717, 1.165) is 44.2 Å². The number of amides is 2. The molecule has 2 aromatic rings. The molecule has 1 aliphatic carbocycles. The summed E-state index contributed by atoms with van der Waals surface area (Å²) in [6.45, 7) is 0.0339. The normalized spacial score (nSPS) is 19.1. The van der Waals surface area contributed by atoms with E-state index in [9.17, 15) is 23.2 Å².